The van der Waals surface area contributed by atoms with E-state index >= 15 is 0 Å². The number of carbonyl (C=O) groups is 2. The predicted molar refractivity (Wildman–Crippen MR) is 119 cm³/mol. The SMILES string of the molecule is CCNC(=O)c1ccc(-n2nnc(C(=O)NCc3ccc(F)c(Cl)c3)c2CSC)cc1. The normalized spacial score (nSPS) is 10.7. The highest BCUT2D eigenvalue weighted by molar-refractivity contribution is 7.97. The highest BCUT2D eigenvalue weighted by Crippen LogP contribution is 2.19. The van der Waals surface area contributed by atoms with E-state index in [0.717, 1.165) is 0 Å². The standard InChI is InChI=1S/C21H21ClFN5O2S/c1-3-24-20(29)14-5-7-15(8-6-14)28-18(12-31-2)19(26-27-28)21(30)25-11-13-4-9-17(23)16(22)10-13/h4-10H,3,11-12H2,1-2H3,(H,24,29)(H,25,30). The van der Waals surface area contributed by atoms with Crippen LogP contribution in [0.2, 0.25) is 5.02 Å². The van der Waals surface area contributed by atoms with Crippen molar-refractivity contribution in [1.82, 2.24) is 25.6 Å². The van der Waals surface area contributed by atoms with Crippen molar-refractivity contribution in [3.8, 4) is 5.69 Å². The van der Waals surface area contributed by atoms with E-state index in [0.29, 0.717) is 34.8 Å². The summed E-state index contributed by atoms with van der Waals surface area (Å²) < 4.78 is 14.9. The Balaban J connectivity index is 1.80. The number of rotatable bonds is 8. The molecule has 7 nitrogen and oxygen atoms in total. The first-order valence-electron chi connectivity index (χ1n) is 9.48. The molecule has 3 aromatic rings. The lowest BCUT2D eigenvalue weighted by Gasteiger charge is -2.09. The molecule has 0 radical (unpaired) electrons. The van der Waals surface area contributed by atoms with Crippen molar-refractivity contribution in [3.05, 3.63) is 75.8 Å². The third-order valence-electron chi connectivity index (χ3n) is 4.41. The Morgan fingerprint density at radius 3 is 2.52 bits per heavy atom. The number of amides is 2. The Hall–Kier alpha value is -2.91. The van der Waals surface area contributed by atoms with Crippen LogP contribution in [0.5, 0.6) is 0 Å². The van der Waals surface area contributed by atoms with E-state index in [4.69, 9.17) is 11.6 Å². The Kier molecular flexibility index (Phi) is 7.64. The first kappa shape index (κ1) is 22.8. The topological polar surface area (TPSA) is 88.9 Å². The molecule has 31 heavy (non-hydrogen) atoms. The molecule has 2 N–H and O–H groups in total. The van der Waals surface area contributed by atoms with Crippen LogP contribution in [0.3, 0.4) is 0 Å². The van der Waals surface area contributed by atoms with Gasteiger partial charge in [-0.1, -0.05) is 22.9 Å². The second-order valence-corrected chi connectivity index (χ2v) is 7.84. The maximum absolute atomic E-state index is 13.3. The van der Waals surface area contributed by atoms with Crippen molar-refractivity contribution in [2.24, 2.45) is 0 Å². The third kappa shape index (κ3) is 5.42. The van der Waals surface area contributed by atoms with Gasteiger partial charge in [-0.15, -0.1) is 5.10 Å². The average Bonchev–Trinajstić information content (AvgIpc) is 3.18. The number of halogens is 2. The molecule has 10 heteroatoms. The molecule has 2 amide bonds. The minimum absolute atomic E-state index is 0.00293. The van der Waals surface area contributed by atoms with E-state index in [1.54, 1.807) is 35.0 Å². The van der Waals surface area contributed by atoms with Gasteiger partial charge in [0.1, 0.15) is 5.82 Å². The molecule has 0 aliphatic heterocycles. The molecule has 1 heterocycles. The molecule has 3 rings (SSSR count). The summed E-state index contributed by atoms with van der Waals surface area (Å²) in [5, 5.41) is 13.7. The van der Waals surface area contributed by atoms with Crippen LogP contribution in [0.4, 0.5) is 4.39 Å². The average molecular weight is 462 g/mol. The second kappa shape index (κ2) is 10.4. The van der Waals surface area contributed by atoms with Crippen LogP contribution >= 0.6 is 23.4 Å². The van der Waals surface area contributed by atoms with Gasteiger partial charge in [-0.2, -0.15) is 11.8 Å². The molecule has 0 saturated heterocycles. The van der Waals surface area contributed by atoms with Crippen LogP contribution < -0.4 is 10.6 Å². The summed E-state index contributed by atoms with van der Waals surface area (Å²) in [6, 6.07) is 11.2. The monoisotopic (exact) mass is 461 g/mol. The number of aromatic nitrogens is 3. The van der Waals surface area contributed by atoms with Crippen molar-refractivity contribution in [3.63, 3.8) is 0 Å². The molecule has 0 atom stereocenters. The van der Waals surface area contributed by atoms with Crippen molar-refractivity contribution >= 4 is 35.2 Å². The Bertz CT molecular complexity index is 1090. The smallest absolute Gasteiger partial charge is 0.274 e. The number of hydrogen-bond donors (Lipinski definition) is 2. The van der Waals surface area contributed by atoms with Gasteiger partial charge >= 0.3 is 0 Å². The fourth-order valence-electron chi connectivity index (χ4n) is 2.88. The predicted octanol–water partition coefficient (Wildman–Crippen LogP) is 3.60. The largest absolute Gasteiger partial charge is 0.352 e. The molecule has 0 unspecified atom stereocenters. The summed E-state index contributed by atoms with van der Waals surface area (Å²) in [5.41, 5.74) is 2.73. The minimum Gasteiger partial charge on any atom is -0.352 e. The van der Waals surface area contributed by atoms with Gasteiger partial charge in [0.2, 0.25) is 0 Å². The Labute approximate surface area is 188 Å². The van der Waals surface area contributed by atoms with Crippen molar-refractivity contribution in [2.45, 2.75) is 19.2 Å². The molecular formula is C21H21ClFN5O2S. The van der Waals surface area contributed by atoms with E-state index in [1.807, 2.05) is 13.2 Å². The molecule has 162 valence electrons. The van der Waals surface area contributed by atoms with E-state index in [-0.39, 0.29) is 23.2 Å². The van der Waals surface area contributed by atoms with Gasteiger partial charge in [-0.3, -0.25) is 9.59 Å². The summed E-state index contributed by atoms with van der Waals surface area (Å²) in [6.07, 6.45) is 1.91. The zero-order chi connectivity index (χ0) is 22.4. The Morgan fingerprint density at radius 2 is 1.87 bits per heavy atom. The molecule has 1 aromatic heterocycles. The van der Waals surface area contributed by atoms with Gasteiger partial charge in [-0.25, -0.2) is 9.07 Å². The second-order valence-electron chi connectivity index (χ2n) is 6.57. The van der Waals surface area contributed by atoms with E-state index in [2.05, 4.69) is 20.9 Å². The first-order valence-corrected chi connectivity index (χ1v) is 11.3. The molecule has 0 fully saturated rings. The van der Waals surface area contributed by atoms with E-state index in [9.17, 15) is 14.0 Å². The number of hydrogen-bond acceptors (Lipinski definition) is 5. The number of nitrogens with zero attached hydrogens (tertiary/aromatic N) is 3. The van der Waals surface area contributed by atoms with Gasteiger partial charge in [-0.05, 0) is 55.1 Å². The zero-order valence-electron chi connectivity index (χ0n) is 17.0. The van der Waals surface area contributed by atoms with Crippen molar-refractivity contribution < 1.29 is 14.0 Å². The fraction of sp³-hybridized carbons (Fsp3) is 0.238. The third-order valence-corrected chi connectivity index (χ3v) is 5.26. The maximum atomic E-state index is 13.3. The van der Waals surface area contributed by atoms with Crippen LogP contribution in [0.25, 0.3) is 5.69 Å². The van der Waals surface area contributed by atoms with E-state index in [1.165, 1.54) is 23.9 Å². The Morgan fingerprint density at radius 1 is 1.13 bits per heavy atom. The number of nitrogens with one attached hydrogen (secondary N) is 2. The maximum Gasteiger partial charge on any atom is 0.274 e. The van der Waals surface area contributed by atoms with Gasteiger partial charge in [0.05, 0.1) is 16.4 Å². The highest BCUT2D eigenvalue weighted by Gasteiger charge is 2.20. The molecule has 0 saturated carbocycles. The number of thioether (sulfide) groups is 1. The van der Waals surface area contributed by atoms with Crippen LogP contribution in [0, 0.1) is 5.82 Å². The molecule has 0 aliphatic carbocycles. The number of benzene rings is 2. The fourth-order valence-corrected chi connectivity index (χ4v) is 3.62. The van der Waals surface area contributed by atoms with Crippen LogP contribution in [0.1, 0.15) is 39.0 Å². The summed E-state index contributed by atoms with van der Waals surface area (Å²) in [4.78, 5) is 24.7. The molecule has 0 bridgehead atoms. The quantitative estimate of drug-likeness (QED) is 0.535. The van der Waals surface area contributed by atoms with Crippen molar-refractivity contribution in [2.75, 3.05) is 12.8 Å². The summed E-state index contributed by atoms with van der Waals surface area (Å²) in [7, 11) is 0. The molecule has 0 aliphatic rings. The number of carbonyl (C=O) groups excluding carboxylic acids is 2. The van der Waals surface area contributed by atoms with Gasteiger partial charge < -0.3 is 10.6 Å². The van der Waals surface area contributed by atoms with Crippen LogP contribution in [-0.4, -0.2) is 39.6 Å². The lowest BCUT2D eigenvalue weighted by molar-refractivity contribution is 0.0940. The first-order chi connectivity index (χ1) is 14.9. The lowest BCUT2D eigenvalue weighted by Crippen LogP contribution is -2.24. The van der Waals surface area contributed by atoms with Gasteiger partial charge in [0.25, 0.3) is 11.8 Å². The van der Waals surface area contributed by atoms with Gasteiger partial charge in [0.15, 0.2) is 5.69 Å². The summed E-state index contributed by atoms with van der Waals surface area (Å²) >= 11 is 7.32. The van der Waals surface area contributed by atoms with E-state index < -0.39 is 11.7 Å². The van der Waals surface area contributed by atoms with Crippen LogP contribution in [-0.2, 0) is 12.3 Å². The lowest BCUT2D eigenvalue weighted by atomic mass is 10.2. The molecule has 0 spiro atoms. The summed E-state index contributed by atoms with van der Waals surface area (Å²) in [5.74, 6) is -0.552. The zero-order valence-corrected chi connectivity index (χ0v) is 18.6. The molecular weight excluding hydrogens is 441 g/mol. The van der Waals surface area contributed by atoms with Crippen LogP contribution in [0.15, 0.2) is 42.5 Å². The van der Waals surface area contributed by atoms with Gasteiger partial charge in [0, 0.05) is 24.4 Å². The minimum atomic E-state index is -0.514. The summed E-state index contributed by atoms with van der Waals surface area (Å²) in [6.45, 7) is 2.57. The van der Waals surface area contributed by atoms with Crippen molar-refractivity contribution in [1.29, 1.82) is 0 Å². The molecule has 2 aromatic carbocycles. The highest BCUT2D eigenvalue weighted by atomic mass is 35.5.